The van der Waals surface area contributed by atoms with Gasteiger partial charge >= 0.3 is 11.1 Å². The van der Waals surface area contributed by atoms with Gasteiger partial charge in [-0.15, -0.1) is 0 Å². The average Bonchev–Trinajstić information content (AvgIpc) is 2.08. The van der Waals surface area contributed by atoms with Gasteiger partial charge in [-0.2, -0.15) is 0 Å². The summed E-state index contributed by atoms with van der Waals surface area (Å²) in [4.78, 5) is 39.4. The maximum absolute atomic E-state index is 10.8. The summed E-state index contributed by atoms with van der Waals surface area (Å²) in [6.45, 7) is 0. The maximum atomic E-state index is 10.8. The van der Waals surface area contributed by atoms with Gasteiger partial charge in [0.1, 0.15) is 5.65 Å². The average molecular weight is 179 g/mol. The summed E-state index contributed by atoms with van der Waals surface area (Å²) in [5.74, 6) is 0. The zero-order valence-corrected chi connectivity index (χ0v) is 6.38. The van der Waals surface area contributed by atoms with Crippen molar-refractivity contribution in [2.45, 2.75) is 0 Å². The van der Waals surface area contributed by atoms with Gasteiger partial charge in [-0.05, 0) is 6.07 Å². The van der Waals surface area contributed by atoms with Crippen LogP contribution in [0.4, 0.5) is 0 Å². The monoisotopic (exact) mass is 179 g/mol. The van der Waals surface area contributed by atoms with Crippen molar-refractivity contribution in [3.8, 4) is 0 Å². The van der Waals surface area contributed by atoms with Crippen LogP contribution in [0.2, 0.25) is 0 Å². The van der Waals surface area contributed by atoms with E-state index in [0.717, 1.165) is 0 Å². The summed E-state index contributed by atoms with van der Waals surface area (Å²) < 4.78 is 0. The molecule has 0 aromatic carbocycles. The zero-order chi connectivity index (χ0) is 9.42. The molecule has 2 aromatic rings. The van der Waals surface area contributed by atoms with Crippen LogP contribution >= 0.6 is 0 Å². The molecule has 2 rings (SSSR count). The molecule has 13 heavy (non-hydrogen) atoms. The third-order valence-corrected chi connectivity index (χ3v) is 1.61. The van der Waals surface area contributed by atoms with Crippen molar-refractivity contribution in [2.24, 2.45) is 0 Å². The Hall–Kier alpha value is -2.11. The van der Waals surface area contributed by atoms with E-state index < -0.39 is 11.1 Å². The molecule has 0 radical (unpaired) electrons. The summed E-state index contributed by atoms with van der Waals surface area (Å²) in [5.41, 5.74) is -1.25. The number of fused-ring (bicyclic) bond motifs is 1. The maximum Gasteiger partial charge on any atom is 0.315 e. The molecule has 6 nitrogen and oxygen atoms in total. The number of aromatic amines is 3. The fourth-order valence-corrected chi connectivity index (χ4v) is 1.03. The van der Waals surface area contributed by atoms with Crippen molar-refractivity contribution in [2.75, 3.05) is 0 Å². The van der Waals surface area contributed by atoms with Gasteiger partial charge < -0.3 is 15.0 Å². The van der Waals surface area contributed by atoms with Crippen molar-refractivity contribution < 1.29 is 0 Å². The standard InChI is InChI=1S/C7H5N3O3/c11-4-2-1-3-5(9-4)10-7(13)6(12)8-3/h1-2H,(H,8,12)(H2,9,10,11,13). The molecule has 0 aliphatic rings. The van der Waals surface area contributed by atoms with Crippen molar-refractivity contribution in [1.82, 2.24) is 15.0 Å². The lowest BCUT2D eigenvalue weighted by molar-refractivity contribution is 1.10. The van der Waals surface area contributed by atoms with Gasteiger partial charge in [0.05, 0.1) is 5.52 Å². The molecular formula is C7H5N3O3. The van der Waals surface area contributed by atoms with Gasteiger partial charge in [0.15, 0.2) is 0 Å². The van der Waals surface area contributed by atoms with E-state index in [-0.39, 0.29) is 11.2 Å². The number of hydrogen-bond donors (Lipinski definition) is 3. The minimum atomic E-state index is -0.783. The molecular weight excluding hydrogens is 174 g/mol. The molecule has 0 aliphatic heterocycles. The lowest BCUT2D eigenvalue weighted by Crippen LogP contribution is -2.29. The second-order valence-corrected chi connectivity index (χ2v) is 2.52. The van der Waals surface area contributed by atoms with Crippen LogP contribution in [-0.2, 0) is 0 Å². The lowest BCUT2D eigenvalue weighted by Gasteiger charge is -1.93. The van der Waals surface area contributed by atoms with E-state index in [1.165, 1.54) is 12.1 Å². The Balaban J connectivity index is 3.06. The minimum absolute atomic E-state index is 0.220. The van der Waals surface area contributed by atoms with Crippen molar-refractivity contribution in [3.05, 3.63) is 43.2 Å². The minimum Gasteiger partial charge on any atom is -0.315 e. The summed E-state index contributed by atoms with van der Waals surface area (Å²) in [5, 5.41) is 0. The Morgan fingerprint density at radius 2 is 1.54 bits per heavy atom. The molecule has 3 N–H and O–H groups in total. The fourth-order valence-electron chi connectivity index (χ4n) is 1.03. The first-order valence-electron chi connectivity index (χ1n) is 3.52. The number of rotatable bonds is 0. The lowest BCUT2D eigenvalue weighted by atomic mass is 10.4. The van der Waals surface area contributed by atoms with E-state index in [2.05, 4.69) is 15.0 Å². The van der Waals surface area contributed by atoms with Crippen LogP contribution in [0.25, 0.3) is 11.2 Å². The Bertz CT molecular complexity index is 619. The Labute approximate surface area is 70.3 Å². The number of H-pyrrole nitrogens is 3. The smallest absolute Gasteiger partial charge is 0.315 e. The van der Waals surface area contributed by atoms with Gasteiger partial charge in [-0.3, -0.25) is 14.4 Å². The highest BCUT2D eigenvalue weighted by atomic mass is 16.2. The predicted octanol–water partition coefficient (Wildman–Crippen LogP) is -1.10. The van der Waals surface area contributed by atoms with E-state index in [1.807, 2.05) is 0 Å². The fraction of sp³-hybridized carbons (Fsp3) is 0. The van der Waals surface area contributed by atoms with Crippen molar-refractivity contribution in [1.29, 1.82) is 0 Å². The third kappa shape index (κ3) is 1.18. The number of nitrogens with one attached hydrogen (secondary N) is 3. The molecule has 0 aliphatic carbocycles. The molecule has 6 heteroatoms. The Morgan fingerprint density at radius 1 is 0.846 bits per heavy atom. The molecule has 2 heterocycles. The predicted molar refractivity (Wildman–Crippen MR) is 45.8 cm³/mol. The van der Waals surface area contributed by atoms with Crippen LogP contribution in [0.5, 0.6) is 0 Å². The summed E-state index contributed by atoms with van der Waals surface area (Å²) in [6.07, 6.45) is 0. The molecule has 0 saturated carbocycles. The molecule has 2 aromatic heterocycles. The van der Waals surface area contributed by atoms with E-state index >= 15 is 0 Å². The Morgan fingerprint density at radius 3 is 2.31 bits per heavy atom. The summed E-state index contributed by atoms with van der Waals surface area (Å²) >= 11 is 0. The number of aromatic nitrogens is 3. The highest BCUT2D eigenvalue weighted by Gasteiger charge is 1.98. The van der Waals surface area contributed by atoms with Crippen LogP contribution in [0.1, 0.15) is 0 Å². The third-order valence-electron chi connectivity index (χ3n) is 1.61. The molecule has 0 unspecified atom stereocenters. The van der Waals surface area contributed by atoms with Gasteiger partial charge in [0.2, 0.25) is 5.56 Å². The second-order valence-electron chi connectivity index (χ2n) is 2.52. The highest BCUT2D eigenvalue weighted by molar-refractivity contribution is 5.67. The van der Waals surface area contributed by atoms with E-state index in [1.54, 1.807) is 0 Å². The molecule has 0 atom stereocenters. The van der Waals surface area contributed by atoms with Gasteiger partial charge in [-0.25, -0.2) is 0 Å². The number of pyridine rings is 1. The van der Waals surface area contributed by atoms with Crippen molar-refractivity contribution in [3.63, 3.8) is 0 Å². The second kappa shape index (κ2) is 2.44. The summed E-state index contributed by atoms with van der Waals surface area (Å²) in [7, 11) is 0. The Kier molecular flexibility index (Phi) is 1.42. The van der Waals surface area contributed by atoms with Gasteiger partial charge in [0.25, 0.3) is 0 Å². The topological polar surface area (TPSA) is 98.6 Å². The largest absolute Gasteiger partial charge is 0.315 e. The quantitative estimate of drug-likeness (QED) is 0.448. The molecule has 66 valence electrons. The van der Waals surface area contributed by atoms with E-state index in [0.29, 0.717) is 5.52 Å². The van der Waals surface area contributed by atoms with Gasteiger partial charge in [0, 0.05) is 6.07 Å². The first-order valence-corrected chi connectivity index (χ1v) is 3.52. The molecule has 0 bridgehead atoms. The first kappa shape index (κ1) is 7.53. The first-order chi connectivity index (χ1) is 6.16. The van der Waals surface area contributed by atoms with Crippen LogP contribution in [0.3, 0.4) is 0 Å². The van der Waals surface area contributed by atoms with Crippen LogP contribution < -0.4 is 16.7 Å². The summed E-state index contributed by atoms with van der Waals surface area (Å²) in [6, 6.07) is 2.68. The van der Waals surface area contributed by atoms with Gasteiger partial charge in [-0.1, -0.05) is 0 Å². The molecule has 0 fully saturated rings. The molecule has 0 amide bonds. The SMILES string of the molecule is O=c1ccc2[nH]c(=O)c(=O)[nH]c2[nH]1. The van der Waals surface area contributed by atoms with Crippen LogP contribution in [-0.4, -0.2) is 15.0 Å². The van der Waals surface area contributed by atoms with E-state index in [4.69, 9.17) is 0 Å². The number of hydrogen-bond acceptors (Lipinski definition) is 3. The highest BCUT2D eigenvalue weighted by Crippen LogP contribution is 1.94. The van der Waals surface area contributed by atoms with E-state index in [9.17, 15) is 14.4 Å². The van der Waals surface area contributed by atoms with Crippen LogP contribution in [0.15, 0.2) is 26.5 Å². The molecule has 0 spiro atoms. The van der Waals surface area contributed by atoms with Crippen molar-refractivity contribution >= 4 is 11.2 Å². The zero-order valence-electron chi connectivity index (χ0n) is 6.38. The normalized spacial score (nSPS) is 10.5. The van der Waals surface area contributed by atoms with Crippen LogP contribution in [0, 0.1) is 0 Å². The molecule has 0 saturated heterocycles.